The first-order valence-electron chi connectivity index (χ1n) is 4.61. The molecular formula is C10H7ClN4O. The zero-order valence-electron chi connectivity index (χ0n) is 8.22. The van der Waals surface area contributed by atoms with Crippen molar-refractivity contribution in [3.63, 3.8) is 0 Å². The summed E-state index contributed by atoms with van der Waals surface area (Å²) in [6.45, 7) is 0. The molecule has 0 aromatic carbocycles. The third kappa shape index (κ3) is 2.18. The normalized spacial score (nSPS) is 10.0. The minimum absolute atomic E-state index is 0.345. The molecule has 0 atom stereocenters. The molecular weight excluding hydrogens is 228 g/mol. The van der Waals surface area contributed by atoms with Crippen molar-refractivity contribution in [3.8, 4) is 17.6 Å². The molecule has 5 nitrogen and oxygen atoms in total. The summed E-state index contributed by atoms with van der Waals surface area (Å²) in [5, 5.41) is 12.6. The molecule has 0 spiro atoms. The Morgan fingerprint density at radius 3 is 3.12 bits per heavy atom. The topological polar surface area (TPSA) is 75.6 Å². The number of pyridine rings is 1. The fraction of sp³-hybridized carbons (Fsp3) is 0.200. The molecule has 0 amide bonds. The number of nitriles is 1. The van der Waals surface area contributed by atoms with Crippen LogP contribution in [0.2, 0.25) is 5.02 Å². The lowest BCUT2D eigenvalue weighted by molar-refractivity contribution is 0.380. The summed E-state index contributed by atoms with van der Waals surface area (Å²) in [4.78, 5) is 8.16. The lowest BCUT2D eigenvalue weighted by Gasteiger charge is -1.94. The Morgan fingerprint density at radius 1 is 1.50 bits per heavy atom. The van der Waals surface area contributed by atoms with Gasteiger partial charge in [0.05, 0.1) is 11.1 Å². The quantitative estimate of drug-likeness (QED) is 0.814. The van der Waals surface area contributed by atoms with Crippen LogP contribution in [-0.2, 0) is 6.42 Å². The van der Waals surface area contributed by atoms with Crippen molar-refractivity contribution in [3.05, 3.63) is 29.2 Å². The Balaban J connectivity index is 2.26. The first-order valence-corrected chi connectivity index (χ1v) is 4.99. The molecule has 2 rings (SSSR count). The van der Waals surface area contributed by atoms with Crippen LogP contribution in [0.4, 0.5) is 0 Å². The summed E-state index contributed by atoms with van der Waals surface area (Å²) in [7, 11) is 0. The van der Waals surface area contributed by atoms with Crippen molar-refractivity contribution >= 4 is 11.6 Å². The fourth-order valence-corrected chi connectivity index (χ4v) is 1.37. The minimum atomic E-state index is 0.345. The van der Waals surface area contributed by atoms with Crippen molar-refractivity contribution in [1.29, 1.82) is 5.26 Å². The smallest absolute Gasteiger partial charge is 0.228 e. The first-order chi connectivity index (χ1) is 7.81. The van der Waals surface area contributed by atoms with E-state index in [-0.39, 0.29) is 0 Å². The van der Waals surface area contributed by atoms with E-state index in [0.717, 1.165) is 0 Å². The van der Waals surface area contributed by atoms with Gasteiger partial charge in [0.15, 0.2) is 0 Å². The Kier molecular flexibility index (Phi) is 3.13. The number of hydrogen-bond acceptors (Lipinski definition) is 5. The number of rotatable bonds is 3. The van der Waals surface area contributed by atoms with Gasteiger partial charge in [0.1, 0.15) is 5.69 Å². The molecule has 80 valence electrons. The van der Waals surface area contributed by atoms with E-state index in [1.165, 1.54) is 0 Å². The third-order valence-electron chi connectivity index (χ3n) is 1.89. The molecule has 0 N–H and O–H groups in total. The van der Waals surface area contributed by atoms with E-state index < -0.39 is 0 Å². The van der Waals surface area contributed by atoms with Crippen molar-refractivity contribution in [2.24, 2.45) is 0 Å². The molecule has 2 heterocycles. The van der Waals surface area contributed by atoms with Gasteiger partial charge in [-0.3, -0.25) is 4.98 Å². The monoisotopic (exact) mass is 234 g/mol. The van der Waals surface area contributed by atoms with Gasteiger partial charge in [-0.1, -0.05) is 16.8 Å². The van der Waals surface area contributed by atoms with E-state index in [9.17, 15) is 0 Å². The Bertz CT molecular complexity index is 532. The lowest BCUT2D eigenvalue weighted by atomic mass is 10.3. The molecule has 0 unspecified atom stereocenters. The number of aromatic nitrogens is 3. The van der Waals surface area contributed by atoms with Gasteiger partial charge in [-0.2, -0.15) is 10.2 Å². The predicted octanol–water partition coefficient (Wildman–Crippen LogP) is 2.24. The Labute approximate surface area is 96.7 Å². The molecule has 2 aromatic heterocycles. The zero-order chi connectivity index (χ0) is 11.4. The van der Waals surface area contributed by atoms with Gasteiger partial charge in [-0.15, -0.1) is 0 Å². The molecule has 0 radical (unpaired) electrons. The van der Waals surface area contributed by atoms with Crippen LogP contribution in [0.3, 0.4) is 0 Å². The second-order valence-electron chi connectivity index (χ2n) is 3.00. The molecule has 2 aromatic rings. The van der Waals surface area contributed by atoms with Crippen LogP contribution in [0.1, 0.15) is 12.3 Å². The number of aryl methyl sites for hydroxylation is 1. The fourth-order valence-electron chi connectivity index (χ4n) is 1.17. The summed E-state index contributed by atoms with van der Waals surface area (Å²) in [6, 6.07) is 5.44. The van der Waals surface area contributed by atoms with Crippen LogP contribution in [0.25, 0.3) is 11.5 Å². The molecule has 16 heavy (non-hydrogen) atoms. The highest BCUT2D eigenvalue weighted by Crippen LogP contribution is 2.22. The summed E-state index contributed by atoms with van der Waals surface area (Å²) >= 11 is 5.94. The third-order valence-corrected chi connectivity index (χ3v) is 2.19. The van der Waals surface area contributed by atoms with E-state index in [2.05, 4.69) is 15.1 Å². The largest absolute Gasteiger partial charge is 0.339 e. The van der Waals surface area contributed by atoms with Crippen LogP contribution < -0.4 is 0 Å². The van der Waals surface area contributed by atoms with Crippen molar-refractivity contribution in [2.45, 2.75) is 12.8 Å². The molecule has 0 aliphatic rings. The summed E-state index contributed by atoms with van der Waals surface area (Å²) in [5.41, 5.74) is 0.483. The molecule has 0 fully saturated rings. The SMILES string of the molecule is N#CCCc1nc(-c2ncccc2Cl)no1. The van der Waals surface area contributed by atoms with Crippen molar-refractivity contribution < 1.29 is 4.52 Å². The maximum absolute atomic E-state index is 8.42. The minimum Gasteiger partial charge on any atom is -0.339 e. The van der Waals surface area contributed by atoms with Crippen molar-refractivity contribution in [1.82, 2.24) is 15.1 Å². The average molecular weight is 235 g/mol. The van der Waals surface area contributed by atoms with Gasteiger partial charge >= 0.3 is 0 Å². The Morgan fingerprint density at radius 2 is 2.38 bits per heavy atom. The number of halogens is 1. The standard InChI is InChI=1S/C10H7ClN4O/c11-7-3-2-6-13-9(7)10-14-8(16-15-10)4-1-5-12/h2-3,6H,1,4H2. The molecule has 6 heteroatoms. The van der Waals surface area contributed by atoms with Gasteiger partial charge in [-0.25, -0.2) is 0 Å². The highest BCUT2D eigenvalue weighted by atomic mass is 35.5. The van der Waals surface area contributed by atoms with Crippen LogP contribution in [0.5, 0.6) is 0 Å². The zero-order valence-corrected chi connectivity index (χ0v) is 8.98. The van der Waals surface area contributed by atoms with Gasteiger partial charge in [-0.05, 0) is 12.1 Å². The van der Waals surface area contributed by atoms with Gasteiger partial charge in [0.25, 0.3) is 0 Å². The summed E-state index contributed by atoms with van der Waals surface area (Å²) in [5.74, 6) is 0.761. The number of nitrogens with zero attached hydrogens (tertiary/aromatic N) is 4. The van der Waals surface area contributed by atoms with Crippen LogP contribution in [-0.4, -0.2) is 15.1 Å². The van der Waals surface area contributed by atoms with E-state index in [1.54, 1.807) is 18.3 Å². The molecule has 0 saturated heterocycles. The van der Waals surface area contributed by atoms with E-state index in [1.807, 2.05) is 6.07 Å². The van der Waals surface area contributed by atoms with E-state index in [0.29, 0.717) is 35.3 Å². The molecule has 0 saturated carbocycles. The maximum Gasteiger partial charge on any atom is 0.228 e. The highest BCUT2D eigenvalue weighted by Gasteiger charge is 2.12. The number of hydrogen-bond donors (Lipinski definition) is 0. The van der Waals surface area contributed by atoms with Gasteiger partial charge in [0.2, 0.25) is 11.7 Å². The van der Waals surface area contributed by atoms with Crippen LogP contribution in [0.15, 0.2) is 22.9 Å². The van der Waals surface area contributed by atoms with Gasteiger partial charge < -0.3 is 4.52 Å². The molecule has 0 aliphatic carbocycles. The molecule has 0 bridgehead atoms. The van der Waals surface area contributed by atoms with E-state index >= 15 is 0 Å². The maximum atomic E-state index is 8.42. The van der Waals surface area contributed by atoms with Crippen molar-refractivity contribution in [2.75, 3.05) is 0 Å². The molecule has 0 aliphatic heterocycles. The second-order valence-corrected chi connectivity index (χ2v) is 3.41. The highest BCUT2D eigenvalue weighted by molar-refractivity contribution is 6.32. The summed E-state index contributed by atoms with van der Waals surface area (Å²) < 4.78 is 4.97. The first kappa shape index (κ1) is 10.6. The van der Waals surface area contributed by atoms with Gasteiger partial charge in [0, 0.05) is 19.0 Å². The van der Waals surface area contributed by atoms with Crippen LogP contribution >= 0.6 is 11.6 Å². The Hall–Kier alpha value is -1.93. The van der Waals surface area contributed by atoms with Crippen LogP contribution in [0, 0.1) is 11.3 Å². The average Bonchev–Trinajstić information content (AvgIpc) is 2.75. The van der Waals surface area contributed by atoms with E-state index in [4.69, 9.17) is 21.4 Å². The predicted molar refractivity (Wildman–Crippen MR) is 56.5 cm³/mol. The second kappa shape index (κ2) is 4.73. The summed E-state index contributed by atoms with van der Waals surface area (Å²) in [6.07, 6.45) is 2.39. The lowest BCUT2D eigenvalue weighted by Crippen LogP contribution is -1.87.